The summed E-state index contributed by atoms with van der Waals surface area (Å²) < 4.78 is 1.23. The molecule has 0 aliphatic heterocycles. The van der Waals surface area contributed by atoms with Crippen LogP contribution in [0.3, 0.4) is 0 Å². The Morgan fingerprint density at radius 3 is 2.44 bits per heavy atom. The van der Waals surface area contributed by atoms with E-state index < -0.39 is 0 Å². The van der Waals surface area contributed by atoms with Crippen LogP contribution in [-0.2, 0) is 5.41 Å². The smallest absolute Gasteiger partial charge is 0.0521 e. The van der Waals surface area contributed by atoms with Crippen molar-refractivity contribution in [3.05, 3.63) is 56.7 Å². The number of nitrogens with one attached hydrogen (secondary N) is 1. The van der Waals surface area contributed by atoms with Crippen LogP contribution < -0.4 is 5.32 Å². The van der Waals surface area contributed by atoms with Crippen molar-refractivity contribution in [1.29, 1.82) is 0 Å². The van der Waals surface area contributed by atoms with E-state index in [1.807, 2.05) is 11.3 Å². The molecule has 1 aromatic carbocycles. The highest BCUT2D eigenvalue weighted by molar-refractivity contribution is 9.10. The van der Waals surface area contributed by atoms with Gasteiger partial charge in [-0.05, 0) is 52.8 Å². The summed E-state index contributed by atoms with van der Waals surface area (Å²) in [7, 11) is 2.07. The first-order chi connectivity index (χ1) is 8.78. The SMILES string of the molecule is CNC(c1sccc1Br)C1(c2ccccc2)CC1. The maximum atomic E-state index is 3.67. The van der Waals surface area contributed by atoms with Gasteiger partial charge in [-0.15, -0.1) is 11.3 Å². The van der Waals surface area contributed by atoms with Crippen LogP contribution in [0.1, 0.15) is 29.3 Å². The summed E-state index contributed by atoms with van der Waals surface area (Å²) in [6.45, 7) is 0. The summed E-state index contributed by atoms with van der Waals surface area (Å²) in [5.74, 6) is 0. The van der Waals surface area contributed by atoms with E-state index in [4.69, 9.17) is 0 Å². The second-order valence-electron chi connectivity index (χ2n) is 4.88. The number of benzene rings is 1. The molecule has 94 valence electrons. The first-order valence-electron chi connectivity index (χ1n) is 6.23. The fourth-order valence-electron chi connectivity index (χ4n) is 2.82. The fourth-order valence-corrected chi connectivity index (χ4v) is 4.65. The Morgan fingerprint density at radius 1 is 1.22 bits per heavy atom. The van der Waals surface area contributed by atoms with Crippen LogP contribution in [0.5, 0.6) is 0 Å². The van der Waals surface area contributed by atoms with E-state index in [0.717, 1.165) is 0 Å². The first kappa shape index (κ1) is 12.4. The lowest BCUT2D eigenvalue weighted by Crippen LogP contribution is -2.29. The van der Waals surface area contributed by atoms with Crippen molar-refractivity contribution in [2.75, 3.05) is 7.05 Å². The number of rotatable bonds is 4. The Bertz CT molecular complexity index is 530. The molecule has 1 nitrogen and oxygen atoms in total. The Balaban J connectivity index is 2.00. The Morgan fingerprint density at radius 2 is 1.94 bits per heavy atom. The van der Waals surface area contributed by atoms with Gasteiger partial charge >= 0.3 is 0 Å². The van der Waals surface area contributed by atoms with E-state index in [9.17, 15) is 0 Å². The Labute approximate surface area is 120 Å². The van der Waals surface area contributed by atoms with Gasteiger partial charge in [-0.25, -0.2) is 0 Å². The summed E-state index contributed by atoms with van der Waals surface area (Å²) in [4.78, 5) is 1.42. The van der Waals surface area contributed by atoms with Crippen LogP contribution in [0, 0.1) is 0 Å². The van der Waals surface area contributed by atoms with Gasteiger partial charge in [-0.3, -0.25) is 0 Å². The summed E-state index contributed by atoms with van der Waals surface area (Å²) in [5.41, 5.74) is 1.76. The fraction of sp³-hybridized carbons (Fsp3) is 0.333. The highest BCUT2D eigenvalue weighted by Gasteiger charge is 2.51. The highest BCUT2D eigenvalue weighted by Crippen LogP contribution is 2.57. The summed E-state index contributed by atoms with van der Waals surface area (Å²) in [5, 5.41) is 5.68. The molecule has 2 aromatic rings. The standard InChI is InChI=1S/C15H16BrNS/c1-17-14(13-12(16)7-10-18-13)15(8-9-15)11-5-3-2-4-6-11/h2-7,10,14,17H,8-9H2,1H3. The molecule has 1 heterocycles. The Kier molecular flexibility index (Phi) is 3.31. The average Bonchev–Trinajstić information content (AvgIpc) is 3.10. The third-order valence-corrected chi connectivity index (χ3v) is 5.82. The number of thiophene rings is 1. The van der Waals surface area contributed by atoms with E-state index in [2.05, 4.69) is 70.1 Å². The zero-order valence-electron chi connectivity index (χ0n) is 10.3. The molecule has 1 unspecified atom stereocenters. The zero-order valence-corrected chi connectivity index (χ0v) is 12.7. The van der Waals surface area contributed by atoms with Crippen molar-refractivity contribution in [2.24, 2.45) is 0 Å². The highest BCUT2D eigenvalue weighted by atomic mass is 79.9. The second kappa shape index (κ2) is 4.80. The zero-order chi connectivity index (χ0) is 12.6. The van der Waals surface area contributed by atoms with Crippen molar-refractivity contribution < 1.29 is 0 Å². The van der Waals surface area contributed by atoms with Gasteiger partial charge in [0.05, 0.1) is 6.04 Å². The predicted octanol–water partition coefficient (Wildman–Crippen LogP) is 4.50. The molecule has 0 saturated heterocycles. The maximum Gasteiger partial charge on any atom is 0.0521 e. The molecule has 1 aromatic heterocycles. The van der Waals surface area contributed by atoms with E-state index >= 15 is 0 Å². The molecule has 1 atom stereocenters. The van der Waals surface area contributed by atoms with Crippen molar-refractivity contribution in [3.8, 4) is 0 Å². The van der Waals surface area contributed by atoms with Crippen LogP contribution in [0.4, 0.5) is 0 Å². The molecule has 1 aliphatic rings. The molecule has 0 bridgehead atoms. The molecular weight excluding hydrogens is 306 g/mol. The lowest BCUT2D eigenvalue weighted by atomic mass is 9.87. The van der Waals surface area contributed by atoms with Crippen molar-refractivity contribution >= 4 is 27.3 Å². The number of hydrogen-bond acceptors (Lipinski definition) is 2. The average molecular weight is 322 g/mol. The molecule has 1 fully saturated rings. The monoisotopic (exact) mass is 321 g/mol. The third kappa shape index (κ3) is 1.94. The lowest BCUT2D eigenvalue weighted by Gasteiger charge is -2.27. The number of hydrogen-bond donors (Lipinski definition) is 1. The minimum atomic E-state index is 0.295. The molecule has 1 N–H and O–H groups in total. The maximum absolute atomic E-state index is 3.67. The molecule has 3 rings (SSSR count). The number of halogens is 1. The predicted molar refractivity (Wildman–Crippen MR) is 81.2 cm³/mol. The minimum absolute atomic E-state index is 0.295. The summed E-state index contributed by atoms with van der Waals surface area (Å²) in [6, 6.07) is 13.5. The second-order valence-corrected chi connectivity index (χ2v) is 6.68. The summed E-state index contributed by atoms with van der Waals surface area (Å²) >= 11 is 5.51. The van der Waals surface area contributed by atoms with Gasteiger partial charge in [-0.1, -0.05) is 30.3 Å². The van der Waals surface area contributed by atoms with E-state index in [1.54, 1.807) is 0 Å². The van der Waals surface area contributed by atoms with Crippen LogP contribution in [0.25, 0.3) is 0 Å². The molecular formula is C15H16BrNS. The third-order valence-electron chi connectivity index (χ3n) is 3.89. The van der Waals surface area contributed by atoms with Gasteiger partial charge in [0.15, 0.2) is 0 Å². The van der Waals surface area contributed by atoms with Gasteiger partial charge in [0.1, 0.15) is 0 Å². The summed E-state index contributed by atoms with van der Waals surface area (Å²) in [6.07, 6.45) is 2.54. The van der Waals surface area contributed by atoms with Crippen molar-refractivity contribution in [3.63, 3.8) is 0 Å². The van der Waals surface area contributed by atoms with E-state index in [0.29, 0.717) is 11.5 Å². The molecule has 0 spiro atoms. The molecule has 0 radical (unpaired) electrons. The largest absolute Gasteiger partial charge is 0.312 e. The topological polar surface area (TPSA) is 12.0 Å². The molecule has 18 heavy (non-hydrogen) atoms. The van der Waals surface area contributed by atoms with Crippen LogP contribution in [0.15, 0.2) is 46.3 Å². The quantitative estimate of drug-likeness (QED) is 0.874. The normalized spacial score (nSPS) is 18.6. The molecule has 3 heteroatoms. The van der Waals surface area contributed by atoms with Gasteiger partial charge in [0, 0.05) is 14.8 Å². The minimum Gasteiger partial charge on any atom is -0.312 e. The van der Waals surface area contributed by atoms with E-state index in [-0.39, 0.29) is 0 Å². The van der Waals surface area contributed by atoms with Gasteiger partial charge in [-0.2, -0.15) is 0 Å². The van der Waals surface area contributed by atoms with Crippen LogP contribution in [0.2, 0.25) is 0 Å². The number of likely N-dealkylation sites (N-methyl/N-ethyl adjacent to an activating group) is 1. The molecule has 0 amide bonds. The Hall–Kier alpha value is -0.640. The van der Waals surface area contributed by atoms with Gasteiger partial charge in [0.25, 0.3) is 0 Å². The van der Waals surface area contributed by atoms with Crippen LogP contribution in [-0.4, -0.2) is 7.05 Å². The van der Waals surface area contributed by atoms with E-state index in [1.165, 1.54) is 27.8 Å². The molecule has 1 saturated carbocycles. The van der Waals surface area contributed by atoms with Crippen molar-refractivity contribution in [1.82, 2.24) is 5.32 Å². The first-order valence-corrected chi connectivity index (χ1v) is 7.91. The van der Waals surface area contributed by atoms with Crippen molar-refractivity contribution in [2.45, 2.75) is 24.3 Å². The molecule has 1 aliphatic carbocycles. The van der Waals surface area contributed by atoms with Gasteiger partial charge < -0.3 is 5.32 Å². The van der Waals surface area contributed by atoms with Crippen LogP contribution >= 0.6 is 27.3 Å². The van der Waals surface area contributed by atoms with Gasteiger partial charge in [0.2, 0.25) is 0 Å². The lowest BCUT2D eigenvalue weighted by molar-refractivity contribution is 0.469.